The number of nitro groups is 1. The van der Waals surface area contributed by atoms with Crippen molar-refractivity contribution in [3.8, 4) is 0 Å². The number of carbonyl (C=O) groups excluding carboxylic acids is 2. The van der Waals surface area contributed by atoms with E-state index in [0.29, 0.717) is 19.5 Å². The van der Waals surface area contributed by atoms with Gasteiger partial charge in [-0.2, -0.15) is 0 Å². The summed E-state index contributed by atoms with van der Waals surface area (Å²) in [5.74, 6) is 0.141. The minimum absolute atomic E-state index is 0.0440. The van der Waals surface area contributed by atoms with E-state index in [1.165, 1.54) is 5.56 Å². The first kappa shape index (κ1) is 28.2. The predicted molar refractivity (Wildman–Crippen MR) is 153 cm³/mol. The van der Waals surface area contributed by atoms with Gasteiger partial charge in [-0.25, -0.2) is 0 Å². The fourth-order valence-corrected chi connectivity index (χ4v) is 6.18. The van der Waals surface area contributed by atoms with Gasteiger partial charge in [0.15, 0.2) is 0 Å². The number of nitrogens with one attached hydrogen (secondary N) is 1. The van der Waals surface area contributed by atoms with E-state index in [-0.39, 0.29) is 46.5 Å². The summed E-state index contributed by atoms with van der Waals surface area (Å²) in [5, 5.41) is 14.4. The molecule has 40 heavy (non-hydrogen) atoms. The second-order valence-electron chi connectivity index (χ2n) is 11.7. The van der Waals surface area contributed by atoms with E-state index >= 15 is 0 Å². The number of amides is 2. The number of nitrogens with two attached hydrogens (primary N) is 1. The lowest BCUT2D eigenvalue weighted by Crippen LogP contribution is -2.59. The van der Waals surface area contributed by atoms with Crippen LogP contribution in [0, 0.1) is 16.0 Å². The van der Waals surface area contributed by atoms with Gasteiger partial charge < -0.3 is 16.0 Å². The van der Waals surface area contributed by atoms with Crippen molar-refractivity contribution in [2.75, 3.05) is 13.1 Å². The van der Waals surface area contributed by atoms with Crippen LogP contribution < -0.4 is 11.1 Å². The molecule has 3 N–H and O–H groups in total. The van der Waals surface area contributed by atoms with Crippen molar-refractivity contribution < 1.29 is 14.5 Å². The third-order valence-corrected chi connectivity index (χ3v) is 8.79. The number of piperidine rings is 1. The van der Waals surface area contributed by atoms with Crippen LogP contribution in [0.1, 0.15) is 62.5 Å². The van der Waals surface area contributed by atoms with Gasteiger partial charge in [0.25, 0.3) is 5.69 Å². The van der Waals surface area contributed by atoms with Crippen LogP contribution in [0.4, 0.5) is 5.69 Å². The Morgan fingerprint density at radius 3 is 2.30 bits per heavy atom. The molecule has 0 radical (unpaired) electrons. The Morgan fingerprint density at radius 1 is 0.950 bits per heavy atom. The highest BCUT2D eigenvalue weighted by molar-refractivity contribution is 5.89. The van der Waals surface area contributed by atoms with Crippen molar-refractivity contribution in [2.24, 2.45) is 11.7 Å². The van der Waals surface area contributed by atoms with Gasteiger partial charge in [-0.3, -0.25) is 24.6 Å². The van der Waals surface area contributed by atoms with Crippen LogP contribution in [0.2, 0.25) is 0 Å². The van der Waals surface area contributed by atoms with Crippen LogP contribution in [-0.2, 0) is 22.6 Å². The summed E-state index contributed by atoms with van der Waals surface area (Å²) in [4.78, 5) is 41.9. The fourth-order valence-electron chi connectivity index (χ4n) is 6.18. The molecule has 2 amide bonds. The average molecular weight is 548 g/mol. The lowest BCUT2D eigenvalue weighted by atomic mass is 9.90. The highest BCUT2D eigenvalue weighted by Crippen LogP contribution is 2.34. The van der Waals surface area contributed by atoms with Crippen molar-refractivity contribution in [1.29, 1.82) is 0 Å². The third kappa shape index (κ3) is 7.26. The molecular formula is C31H41N5O4. The Kier molecular flexibility index (Phi) is 9.11. The van der Waals surface area contributed by atoms with Gasteiger partial charge in [0.05, 0.1) is 4.92 Å². The summed E-state index contributed by atoms with van der Waals surface area (Å²) in [5.41, 5.74) is 8.39. The van der Waals surface area contributed by atoms with Crippen molar-refractivity contribution in [1.82, 2.24) is 15.1 Å². The zero-order valence-electron chi connectivity index (χ0n) is 23.1. The monoisotopic (exact) mass is 547 g/mol. The molecule has 9 nitrogen and oxygen atoms in total. The largest absolute Gasteiger partial charge is 0.352 e. The second-order valence-corrected chi connectivity index (χ2v) is 11.7. The quantitative estimate of drug-likeness (QED) is 0.345. The summed E-state index contributed by atoms with van der Waals surface area (Å²) in [7, 11) is 0. The van der Waals surface area contributed by atoms with Crippen LogP contribution >= 0.6 is 0 Å². The van der Waals surface area contributed by atoms with E-state index in [2.05, 4.69) is 22.3 Å². The molecule has 9 heteroatoms. The second kappa shape index (κ2) is 12.9. The average Bonchev–Trinajstić information content (AvgIpc) is 3.82. The molecule has 1 heterocycles. The molecule has 0 aromatic heterocycles. The standard InChI is InChI=1S/C31H41N5O4/c32-25-10-12-26(13-11-25)33-30(37)29-20-28(17-19-35(29)31(38)24-8-9-24)34(18-16-22-4-2-1-3-5-22)21-23-6-14-27(15-7-23)36(39)40/h1-7,14-15,24-26,28-29H,8-13,16-21,32H2,(H,33,37)/t25?,26?,28?,29-/m1/s1. The van der Waals surface area contributed by atoms with E-state index in [1.807, 2.05) is 35.2 Å². The minimum Gasteiger partial charge on any atom is -0.352 e. The zero-order chi connectivity index (χ0) is 28.1. The molecule has 0 bridgehead atoms. The summed E-state index contributed by atoms with van der Waals surface area (Å²) in [6.45, 7) is 1.98. The Hall–Kier alpha value is -3.30. The maximum atomic E-state index is 13.7. The first-order valence-corrected chi connectivity index (χ1v) is 14.7. The third-order valence-electron chi connectivity index (χ3n) is 8.79. The number of likely N-dealkylation sites (tertiary alicyclic amines) is 1. The van der Waals surface area contributed by atoms with E-state index in [9.17, 15) is 19.7 Å². The molecule has 2 atom stereocenters. The number of nitro benzene ring substituents is 1. The molecule has 214 valence electrons. The number of non-ortho nitro benzene ring substituents is 1. The van der Waals surface area contributed by atoms with Crippen molar-refractivity contribution >= 4 is 17.5 Å². The van der Waals surface area contributed by atoms with Gasteiger partial charge in [0.1, 0.15) is 6.04 Å². The van der Waals surface area contributed by atoms with Gasteiger partial charge in [0.2, 0.25) is 11.8 Å². The molecule has 1 saturated heterocycles. The first-order valence-electron chi connectivity index (χ1n) is 14.7. The number of carbonyl (C=O) groups is 2. The van der Waals surface area contributed by atoms with Gasteiger partial charge in [-0.05, 0) is 68.9 Å². The number of nitrogens with zero attached hydrogens (tertiary/aromatic N) is 3. The summed E-state index contributed by atoms with van der Waals surface area (Å²) >= 11 is 0. The number of hydrogen-bond donors (Lipinski definition) is 2. The normalized spacial score (nSPS) is 25.0. The Bertz CT molecular complexity index is 1160. The van der Waals surface area contributed by atoms with Crippen LogP contribution in [0.5, 0.6) is 0 Å². The Balaban J connectivity index is 1.33. The van der Waals surface area contributed by atoms with Crippen molar-refractivity contribution in [2.45, 2.75) is 88.5 Å². The maximum Gasteiger partial charge on any atom is 0.269 e. The highest BCUT2D eigenvalue weighted by Gasteiger charge is 2.43. The zero-order valence-corrected chi connectivity index (χ0v) is 23.1. The summed E-state index contributed by atoms with van der Waals surface area (Å²) in [6.07, 6.45) is 7.63. The fraction of sp³-hybridized carbons (Fsp3) is 0.548. The molecule has 2 aromatic rings. The highest BCUT2D eigenvalue weighted by atomic mass is 16.6. The lowest BCUT2D eigenvalue weighted by molar-refractivity contribution is -0.384. The number of rotatable bonds is 10. The van der Waals surface area contributed by atoms with Gasteiger partial charge in [-0.15, -0.1) is 0 Å². The smallest absolute Gasteiger partial charge is 0.269 e. The molecule has 3 fully saturated rings. The van der Waals surface area contributed by atoms with E-state index in [4.69, 9.17) is 5.73 Å². The van der Waals surface area contributed by atoms with E-state index in [1.54, 1.807) is 12.1 Å². The molecule has 1 unspecified atom stereocenters. The van der Waals surface area contributed by atoms with Crippen LogP contribution in [0.3, 0.4) is 0 Å². The Morgan fingerprint density at radius 2 is 1.65 bits per heavy atom. The lowest BCUT2D eigenvalue weighted by Gasteiger charge is -2.43. The SMILES string of the molecule is NC1CCC(NC(=O)[C@H]2CC(N(CCc3ccccc3)Cc3ccc([N+](=O)[O-])cc3)CCN2C(=O)C2CC2)CC1. The van der Waals surface area contributed by atoms with E-state index in [0.717, 1.165) is 63.5 Å². The topological polar surface area (TPSA) is 122 Å². The van der Waals surface area contributed by atoms with Gasteiger partial charge in [-0.1, -0.05) is 42.5 Å². The molecule has 5 rings (SSSR count). The molecule has 2 aromatic carbocycles. The molecule has 2 aliphatic carbocycles. The van der Waals surface area contributed by atoms with Crippen LogP contribution in [-0.4, -0.2) is 63.8 Å². The molecule has 2 saturated carbocycles. The van der Waals surface area contributed by atoms with Crippen molar-refractivity contribution in [3.05, 3.63) is 75.8 Å². The first-order chi connectivity index (χ1) is 19.4. The molecule has 1 aliphatic heterocycles. The van der Waals surface area contributed by atoms with Crippen LogP contribution in [0.25, 0.3) is 0 Å². The molecule has 0 spiro atoms. The van der Waals surface area contributed by atoms with Gasteiger partial charge >= 0.3 is 0 Å². The van der Waals surface area contributed by atoms with Crippen LogP contribution in [0.15, 0.2) is 54.6 Å². The minimum atomic E-state index is -0.487. The Labute approximate surface area is 236 Å². The van der Waals surface area contributed by atoms with Gasteiger partial charge in [0, 0.05) is 55.8 Å². The summed E-state index contributed by atoms with van der Waals surface area (Å²) in [6, 6.07) is 17.0. The molecular weight excluding hydrogens is 506 g/mol. The molecule has 3 aliphatic rings. The van der Waals surface area contributed by atoms with Crippen molar-refractivity contribution in [3.63, 3.8) is 0 Å². The van der Waals surface area contributed by atoms with E-state index < -0.39 is 6.04 Å². The summed E-state index contributed by atoms with van der Waals surface area (Å²) < 4.78 is 0. The number of hydrogen-bond acceptors (Lipinski definition) is 6. The maximum absolute atomic E-state index is 13.7. The number of benzene rings is 2. The predicted octanol–water partition coefficient (Wildman–Crippen LogP) is 3.80.